The number of benzene rings is 1. The minimum absolute atomic E-state index is 0.130. The Hall–Kier alpha value is -1.91. The number of methoxy groups -OCH3 is 2. The minimum atomic E-state index is -0.770. The van der Waals surface area contributed by atoms with Gasteiger partial charge < -0.3 is 9.47 Å². The van der Waals surface area contributed by atoms with Crippen molar-refractivity contribution in [2.45, 2.75) is 12.3 Å². The SMILES string of the molecule is COC(=O)C[C@@H](C(=O)OC)c1ccc(F)cc1. The van der Waals surface area contributed by atoms with Crippen LogP contribution in [0.15, 0.2) is 24.3 Å². The monoisotopic (exact) mass is 240 g/mol. The molecule has 0 N–H and O–H groups in total. The molecule has 0 unspecified atom stereocenters. The van der Waals surface area contributed by atoms with E-state index in [9.17, 15) is 14.0 Å². The fourth-order valence-corrected chi connectivity index (χ4v) is 1.42. The summed E-state index contributed by atoms with van der Waals surface area (Å²) in [7, 11) is 2.47. The van der Waals surface area contributed by atoms with Crippen LogP contribution in [0.3, 0.4) is 0 Å². The van der Waals surface area contributed by atoms with Gasteiger partial charge in [-0.3, -0.25) is 9.59 Å². The Bertz CT molecular complexity index is 399. The van der Waals surface area contributed by atoms with Gasteiger partial charge in [-0.2, -0.15) is 0 Å². The van der Waals surface area contributed by atoms with Gasteiger partial charge >= 0.3 is 11.9 Å². The molecule has 0 amide bonds. The first kappa shape index (κ1) is 13.2. The van der Waals surface area contributed by atoms with E-state index in [0.717, 1.165) is 0 Å². The lowest BCUT2D eigenvalue weighted by molar-refractivity contribution is -0.149. The molecule has 0 aromatic heterocycles. The zero-order chi connectivity index (χ0) is 12.8. The summed E-state index contributed by atoms with van der Waals surface area (Å²) in [6, 6.07) is 5.34. The summed E-state index contributed by atoms with van der Waals surface area (Å²) in [6.45, 7) is 0. The second-order valence-electron chi connectivity index (χ2n) is 3.41. The fraction of sp³-hybridized carbons (Fsp3) is 0.333. The van der Waals surface area contributed by atoms with Gasteiger partial charge in [-0.1, -0.05) is 12.1 Å². The third-order valence-corrected chi connectivity index (χ3v) is 2.36. The first-order valence-electron chi connectivity index (χ1n) is 4.98. The van der Waals surface area contributed by atoms with Gasteiger partial charge in [-0.25, -0.2) is 4.39 Å². The van der Waals surface area contributed by atoms with Crippen LogP contribution in [0.5, 0.6) is 0 Å². The molecule has 0 fully saturated rings. The van der Waals surface area contributed by atoms with E-state index in [0.29, 0.717) is 5.56 Å². The van der Waals surface area contributed by atoms with E-state index < -0.39 is 23.7 Å². The van der Waals surface area contributed by atoms with Crippen LogP contribution < -0.4 is 0 Å². The first-order valence-corrected chi connectivity index (χ1v) is 4.98. The van der Waals surface area contributed by atoms with E-state index in [1.54, 1.807) is 0 Å². The molecule has 1 aromatic carbocycles. The van der Waals surface area contributed by atoms with Crippen LogP contribution in [-0.2, 0) is 19.1 Å². The van der Waals surface area contributed by atoms with Crippen molar-refractivity contribution in [3.63, 3.8) is 0 Å². The second kappa shape index (κ2) is 5.98. The molecule has 92 valence electrons. The molecule has 0 heterocycles. The minimum Gasteiger partial charge on any atom is -0.469 e. The molecule has 1 rings (SSSR count). The molecule has 0 saturated carbocycles. The molecule has 0 radical (unpaired) electrons. The van der Waals surface area contributed by atoms with E-state index in [-0.39, 0.29) is 6.42 Å². The Labute approximate surface area is 98.3 Å². The standard InChI is InChI=1S/C12H13FO4/c1-16-11(14)7-10(12(15)17-2)8-3-5-9(13)6-4-8/h3-6,10H,7H2,1-2H3/t10-/m1/s1. The van der Waals surface area contributed by atoms with Crippen molar-refractivity contribution in [2.75, 3.05) is 14.2 Å². The summed E-state index contributed by atoms with van der Waals surface area (Å²) in [5, 5.41) is 0. The van der Waals surface area contributed by atoms with Gasteiger partial charge in [0.1, 0.15) is 5.82 Å². The molecule has 0 aliphatic rings. The van der Waals surface area contributed by atoms with Crippen molar-refractivity contribution in [1.29, 1.82) is 0 Å². The highest BCUT2D eigenvalue weighted by molar-refractivity contribution is 5.84. The zero-order valence-electron chi connectivity index (χ0n) is 9.60. The normalized spacial score (nSPS) is 11.7. The van der Waals surface area contributed by atoms with Gasteiger partial charge in [-0.15, -0.1) is 0 Å². The third kappa shape index (κ3) is 3.55. The Balaban J connectivity index is 2.93. The fourth-order valence-electron chi connectivity index (χ4n) is 1.42. The average molecular weight is 240 g/mol. The maximum Gasteiger partial charge on any atom is 0.313 e. The predicted molar refractivity (Wildman–Crippen MR) is 57.8 cm³/mol. The Kier molecular flexibility index (Phi) is 4.63. The number of rotatable bonds is 4. The molecule has 0 spiro atoms. The topological polar surface area (TPSA) is 52.6 Å². The molecule has 1 aromatic rings. The molecule has 0 aliphatic heterocycles. The summed E-state index contributed by atoms with van der Waals surface area (Å²) in [5.41, 5.74) is 0.517. The van der Waals surface area contributed by atoms with Crippen LogP contribution >= 0.6 is 0 Å². The second-order valence-corrected chi connectivity index (χ2v) is 3.41. The molecular formula is C12H13FO4. The number of hydrogen-bond donors (Lipinski definition) is 0. The summed E-state index contributed by atoms with van der Waals surface area (Å²) in [5.74, 6) is -2.25. The Morgan fingerprint density at radius 1 is 1.18 bits per heavy atom. The highest BCUT2D eigenvalue weighted by atomic mass is 19.1. The van der Waals surface area contributed by atoms with Crippen LogP contribution in [0.25, 0.3) is 0 Å². The van der Waals surface area contributed by atoms with Crippen molar-refractivity contribution in [3.8, 4) is 0 Å². The molecule has 0 aliphatic carbocycles. The van der Waals surface area contributed by atoms with E-state index in [2.05, 4.69) is 9.47 Å². The smallest absolute Gasteiger partial charge is 0.313 e. The van der Waals surface area contributed by atoms with Gasteiger partial charge in [0.25, 0.3) is 0 Å². The number of halogens is 1. The van der Waals surface area contributed by atoms with Crippen molar-refractivity contribution in [3.05, 3.63) is 35.6 Å². The van der Waals surface area contributed by atoms with Gasteiger partial charge in [0.15, 0.2) is 0 Å². The zero-order valence-corrected chi connectivity index (χ0v) is 9.60. The van der Waals surface area contributed by atoms with Gasteiger partial charge in [0, 0.05) is 0 Å². The maximum absolute atomic E-state index is 12.8. The molecule has 17 heavy (non-hydrogen) atoms. The van der Waals surface area contributed by atoms with E-state index in [1.165, 1.54) is 38.5 Å². The lowest BCUT2D eigenvalue weighted by Gasteiger charge is -2.13. The predicted octanol–water partition coefficient (Wildman–Crippen LogP) is 1.65. The molecule has 4 nitrogen and oxygen atoms in total. The summed E-state index contributed by atoms with van der Waals surface area (Å²) in [4.78, 5) is 22.7. The van der Waals surface area contributed by atoms with E-state index in [4.69, 9.17) is 0 Å². The largest absolute Gasteiger partial charge is 0.469 e. The number of ether oxygens (including phenoxy) is 2. The molecule has 0 bridgehead atoms. The van der Waals surface area contributed by atoms with Crippen LogP contribution in [-0.4, -0.2) is 26.2 Å². The molecule has 0 saturated heterocycles. The number of esters is 2. The molecular weight excluding hydrogens is 227 g/mol. The van der Waals surface area contributed by atoms with Gasteiger partial charge in [-0.05, 0) is 17.7 Å². The maximum atomic E-state index is 12.8. The Morgan fingerprint density at radius 3 is 2.24 bits per heavy atom. The highest BCUT2D eigenvalue weighted by Crippen LogP contribution is 2.22. The van der Waals surface area contributed by atoms with Crippen molar-refractivity contribution >= 4 is 11.9 Å². The number of hydrogen-bond acceptors (Lipinski definition) is 4. The summed E-state index contributed by atoms with van der Waals surface area (Å²) >= 11 is 0. The van der Waals surface area contributed by atoms with Gasteiger partial charge in [0.2, 0.25) is 0 Å². The van der Waals surface area contributed by atoms with Crippen LogP contribution in [0, 0.1) is 5.82 Å². The van der Waals surface area contributed by atoms with Gasteiger partial charge in [0.05, 0.1) is 26.6 Å². The quantitative estimate of drug-likeness (QED) is 0.751. The van der Waals surface area contributed by atoms with Crippen LogP contribution in [0.1, 0.15) is 17.9 Å². The van der Waals surface area contributed by atoms with Crippen molar-refractivity contribution in [1.82, 2.24) is 0 Å². The Morgan fingerprint density at radius 2 is 1.76 bits per heavy atom. The lowest BCUT2D eigenvalue weighted by Crippen LogP contribution is -2.18. The molecule has 1 atom stereocenters. The number of carbonyl (C=O) groups excluding carboxylic acids is 2. The highest BCUT2D eigenvalue weighted by Gasteiger charge is 2.25. The van der Waals surface area contributed by atoms with E-state index in [1.807, 2.05) is 0 Å². The number of carbonyl (C=O) groups is 2. The van der Waals surface area contributed by atoms with Crippen LogP contribution in [0.4, 0.5) is 4.39 Å². The van der Waals surface area contributed by atoms with Crippen molar-refractivity contribution < 1.29 is 23.5 Å². The van der Waals surface area contributed by atoms with E-state index >= 15 is 0 Å². The summed E-state index contributed by atoms with van der Waals surface area (Å²) in [6.07, 6.45) is -0.130. The molecule has 5 heteroatoms. The summed E-state index contributed by atoms with van der Waals surface area (Å²) < 4.78 is 21.9. The van der Waals surface area contributed by atoms with Crippen LogP contribution in [0.2, 0.25) is 0 Å². The lowest BCUT2D eigenvalue weighted by atomic mass is 9.96. The first-order chi connectivity index (χ1) is 8.08. The third-order valence-electron chi connectivity index (χ3n) is 2.36. The van der Waals surface area contributed by atoms with Crippen molar-refractivity contribution in [2.24, 2.45) is 0 Å². The average Bonchev–Trinajstić information content (AvgIpc) is 2.36.